The lowest BCUT2D eigenvalue weighted by molar-refractivity contribution is 0.0698. The molecule has 0 aliphatic carbocycles. The Hall–Kier alpha value is -2.93. The third-order valence-corrected chi connectivity index (χ3v) is 4.88. The molecule has 27 heavy (non-hydrogen) atoms. The summed E-state index contributed by atoms with van der Waals surface area (Å²) in [6.07, 6.45) is 1.13. The van der Waals surface area contributed by atoms with E-state index in [4.69, 9.17) is 11.6 Å². The van der Waals surface area contributed by atoms with E-state index in [-0.39, 0.29) is 17.5 Å². The van der Waals surface area contributed by atoms with Crippen LogP contribution in [-0.2, 0) is 0 Å². The van der Waals surface area contributed by atoms with Gasteiger partial charge in [-0.05, 0) is 37.1 Å². The molecule has 0 atom stereocenters. The molecule has 1 fully saturated rings. The highest BCUT2D eigenvalue weighted by atomic mass is 35.5. The second-order valence-electron chi connectivity index (χ2n) is 6.38. The smallest absolute Gasteiger partial charge is 0.255 e. The first-order chi connectivity index (χ1) is 12.9. The topological polar surface area (TPSA) is 110 Å². The Bertz CT molecular complexity index is 855. The van der Waals surface area contributed by atoms with E-state index in [2.05, 4.69) is 5.32 Å². The maximum atomic E-state index is 12.6. The number of amides is 2. The number of carbonyl (C=O) groups is 2. The molecule has 1 heterocycles. The summed E-state index contributed by atoms with van der Waals surface area (Å²) in [5.74, 6) is -2.42. The maximum Gasteiger partial charge on any atom is 0.255 e. The van der Waals surface area contributed by atoms with Crippen molar-refractivity contribution in [3.8, 4) is 17.2 Å². The lowest BCUT2D eigenvalue weighted by atomic mass is 10.0. The van der Waals surface area contributed by atoms with Crippen molar-refractivity contribution in [3.63, 3.8) is 0 Å². The van der Waals surface area contributed by atoms with Crippen LogP contribution in [0.25, 0.3) is 0 Å². The fourth-order valence-corrected chi connectivity index (χ4v) is 3.25. The number of nitrogens with zero attached hydrogens (tertiary/aromatic N) is 1. The number of benzene rings is 2. The zero-order valence-corrected chi connectivity index (χ0v) is 15.1. The van der Waals surface area contributed by atoms with E-state index in [1.807, 2.05) is 0 Å². The van der Waals surface area contributed by atoms with Gasteiger partial charge in [0.1, 0.15) is 0 Å². The molecular weight excluding hydrogens is 372 g/mol. The van der Waals surface area contributed by atoms with Crippen molar-refractivity contribution in [2.75, 3.05) is 13.1 Å². The van der Waals surface area contributed by atoms with E-state index in [1.54, 1.807) is 29.2 Å². The first-order valence-corrected chi connectivity index (χ1v) is 8.84. The molecule has 0 unspecified atom stereocenters. The minimum atomic E-state index is -0.669. The molecule has 2 aromatic carbocycles. The van der Waals surface area contributed by atoms with Crippen molar-refractivity contribution in [2.24, 2.45) is 0 Å². The van der Waals surface area contributed by atoms with Gasteiger partial charge in [0.2, 0.25) is 0 Å². The number of hydrogen-bond acceptors (Lipinski definition) is 5. The molecule has 2 amide bonds. The van der Waals surface area contributed by atoms with Crippen molar-refractivity contribution in [1.82, 2.24) is 10.2 Å². The predicted molar refractivity (Wildman–Crippen MR) is 99.3 cm³/mol. The van der Waals surface area contributed by atoms with Gasteiger partial charge in [0.05, 0.1) is 10.6 Å². The van der Waals surface area contributed by atoms with Crippen LogP contribution in [0.3, 0.4) is 0 Å². The molecule has 1 aliphatic rings. The van der Waals surface area contributed by atoms with Crippen molar-refractivity contribution in [2.45, 2.75) is 18.9 Å². The Balaban J connectivity index is 1.59. The normalized spacial score (nSPS) is 14.8. The zero-order chi connectivity index (χ0) is 19.6. The van der Waals surface area contributed by atoms with E-state index in [9.17, 15) is 24.9 Å². The van der Waals surface area contributed by atoms with Gasteiger partial charge in [0, 0.05) is 24.7 Å². The molecule has 2 aromatic rings. The summed E-state index contributed by atoms with van der Waals surface area (Å²) in [6, 6.07) is 8.90. The van der Waals surface area contributed by atoms with E-state index >= 15 is 0 Å². The largest absolute Gasteiger partial charge is 0.504 e. The average molecular weight is 391 g/mol. The van der Waals surface area contributed by atoms with Gasteiger partial charge in [0.15, 0.2) is 17.2 Å². The van der Waals surface area contributed by atoms with Crippen LogP contribution in [0.1, 0.15) is 33.6 Å². The minimum Gasteiger partial charge on any atom is -0.504 e. The van der Waals surface area contributed by atoms with Crippen LogP contribution in [0, 0.1) is 0 Å². The lowest BCUT2D eigenvalue weighted by Gasteiger charge is -2.32. The minimum absolute atomic E-state index is 0.0392. The van der Waals surface area contributed by atoms with Crippen LogP contribution >= 0.6 is 11.6 Å². The summed E-state index contributed by atoms with van der Waals surface area (Å²) in [7, 11) is 0. The van der Waals surface area contributed by atoms with E-state index < -0.39 is 23.2 Å². The van der Waals surface area contributed by atoms with Crippen molar-refractivity contribution < 1.29 is 24.9 Å². The summed E-state index contributed by atoms with van der Waals surface area (Å²) >= 11 is 6.08. The van der Waals surface area contributed by atoms with Crippen LogP contribution in [0.15, 0.2) is 36.4 Å². The van der Waals surface area contributed by atoms with Gasteiger partial charge in [-0.1, -0.05) is 23.7 Å². The van der Waals surface area contributed by atoms with Gasteiger partial charge in [-0.2, -0.15) is 0 Å². The SMILES string of the molecule is O=C(NC1CCN(C(=O)c2ccccc2Cl)CC1)c1cc(O)c(O)c(O)c1. The molecule has 4 N–H and O–H groups in total. The summed E-state index contributed by atoms with van der Waals surface area (Å²) in [5.41, 5.74) is 0.495. The summed E-state index contributed by atoms with van der Waals surface area (Å²) in [5, 5.41) is 31.6. The number of hydrogen-bond donors (Lipinski definition) is 4. The van der Waals surface area contributed by atoms with Crippen LogP contribution in [-0.4, -0.2) is 51.2 Å². The molecule has 0 radical (unpaired) electrons. The number of carbonyl (C=O) groups excluding carboxylic acids is 2. The number of aromatic hydroxyl groups is 3. The van der Waals surface area contributed by atoms with Crippen LogP contribution in [0.4, 0.5) is 0 Å². The highest BCUT2D eigenvalue weighted by Gasteiger charge is 2.26. The maximum absolute atomic E-state index is 12.6. The third-order valence-electron chi connectivity index (χ3n) is 4.55. The monoisotopic (exact) mass is 390 g/mol. The molecule has 3 rings (SSSR count). The van der Waals surface area contributed by atoms with E-state index in [0.29, 0.717) is 36.5 Å². The molecule has 0 aromatic heterocycles. The molecule has 1 saturated heterocycles. The molecule has 8 heteroatoms. The standard InChI is InChI=1S/C19H19ClN2O5/c20-14-4-2-1-3-13(14)19(27)22-7-5-12(6-8-22)21-18(26)11-9-15(23)17(25)16(24)10-11/h1-4,9-10,12,23-25H,5-8H2,(H,21,26). The summed E-state index contributed by atoms with van der Waals surface area (Å²) in [6.45, 7) is 0.947. The molecule has 1 aliphatic heterocycles. The third kappa shape index (κ3) is 4.09. The first kappa shape index (κ1) is 18.8. The van der Waals surface area contributed by atoms with Crippen LogP contribution in [0.5, 0.6) is 17.2 Å². The van der Waals surface area contributed by atoms with Crippen molar-refractivity contribution in [1.29, 1.82) is 0 Å². The molecular formula is C19H19ClN2O5. The van der Waals surface area contributed by atoms with Gasteiger partial charge in [0.25, 0.3) is 11.8 Å². The Kier molecular flexibility index (Phi) is 5.41. The number of halogens is 1. The van der Waals surface area contributed by atoms with Gasteiger partial charge >= 0.3 is 0 Å². The number of phenolic OH excluding ortho intramolecular Hbond substituents is 3. The van der Waals surface area contributed by atoms with Crippen LogP contribution in [0.2, 0.25) is 5.02 Å². The molecule has 142 valence electrons. The molecule has 0 bridgehead atoms. The molecule has 0 saturated carbocycles. The fourth-order valence-electron chi connectivity index (χ4n) is 3.04. The molecule has 0 spiro atoms. The van der Waals surface area contributed by atoms with Crippen LogP contribution < -0.4 is 5.32 Å². The number of phenols is 3. The lowest BCUT2D eigenvalue weighted by Crippen LogP contribution is -2.46. The number of nitrogens with one attached hydrogen (secondary N) is 1. The quantitative estimate of drug-likeness (QED) is 0.602. The van der Waals surface area contributed by atoms with Gasteiger partial charge in [-0.15, -0.1) is 0 Å². The van der Waals surface area contributed by atoms with Crippen molar-refractivity contribution >= 4 is 23.4 Å². The summed E-state index contributed by atoms with van der Waals surface area (Å²) in [4.78, 5) is 26.5. The Morgan fingerprint density at radius 1 is 1.04 bits per heavy atom. The number of rotatable bonds is 3. The van der Waals surface area contributed by atoms with Gasteiger partial charge in [-0.3, -0.25) is 9.59 Å². The molecule has 7 nitrogen and oxygen atoms in total. The zero-order valence-electron chi connectivity index (χ0n) is 14.4. The highest BCUT2D eigenvalue weighted by molar-refractivity contribution is 6.33. The Morgan fingerprint density at radius 3 is 2.22 bits per heavy atom. The second kappa shape index (κ2) is 7.75. The van der Waals surface area contributed by atoms with Gasteiger partial charge < -0.3 is 25.5 Å². The number of piperidine rings is 1. The Labute approximate surface area is 160 Å². The fraction of sp³-hybridized carbons (Fsp3) is 0.263. The Morgan fingerprint density at radius 2 is 1.63 bits per heavy atom. The van der Waals surface area contributed by atoms with Gasteiger partial charge in [-0.25, -0.2) is 0 Å². The van der Waals surface area contributed by atoms with E-state index in [0.717, 1.165) is 12.1 Å². The second-order valence-corrected chi connectivity index (χ2v) is 6.79. The predicted octanol–water partition coefficient (Wildman–Crippen LogP) is 2.49. The highest BCUT2D eigenvalue weighted by Crippen LogP contribution is 2.35. The van der Waals surface area contributed by atoms with E-state index in [1.165, 1.54) is 0 Å². The first-order valence-electron chi connectivity index (χ1n) is 8.46. The number of likely N-dealkylation sites (tertiary alicyclic amines) is 1. The average Bonchev–Trinajstić information content (AvgIpc) is 2.66. The summed E-state index contributed by atoms with van der Waals surface area (Å²) < 4.78 is 0. The van der Waals surface area contributed by atoms with Crippen molar-refractivity contribution in [3.05, 3.63) is 52.5 Å².